The first-order valence-electron chi connectivity index (χ1n) is 19.4. The molecule has 11 rings (SSSR count). The first-order valence-corrected chi connectivity index (χ1v) is 20.2. The van der Waals surface area contributed by atoms with E-state index < -0.39 is 0 Å². The second-order valence-electron chi connectivity index (χ2n) is 16.4. The molecule has 4 aliphatic carbocycles. The number of hydrogen-bond donors (Lipinski definition) is 2. The van der Waals surface area contributed by atoms with Crippen molar-refractivity contribution in [2.75, 3.05) is 5.32 Å². The Morgan fingerprint density at radius 2 is 1.42 bits per heavy atom. The lowest BCUT2D eigenvalue weighted by Gasteiger charge is -2.38. The predicted molar refractivity (Wildman–Crippen MR) is 219 cm³/mol. The summed E-state index contributed by atoms with van der Waals surface area (Å²) in [6.45, 7) is 4.83. The number of allylic oxidation sites excluding steroid dienone is 3. The van der Waals surface area contributed by atoms with Gasteiger partial charge in [0.05, 0.1) is 22.8 Å². The van der Waals surface area contributed by atoms with Crippen molar-refractivity contribution in [2.24, 2.45) is 5.92 Å². The smallest absolute Gasteiger partial charge is 0.0843 e. The molecule has 5 aliphatic rings. The van der Waals surface area contributed by atoms with E-state index in [1.54, 1.807) is 11.1 Å². The van der Waals surface area contributed by atoms with Crippen LogP contribution >= 0.6 is 11.3 Å². The third-order valence-corrected chi connectivity index (χ3v) is 14.5. The summed E-state index contributed by atoms with van der Waals surface area (Å²) in [6, 6.07) is 40.2. The van der Waals surface area contributed by atoms with E-state index in [0.29, 0.717) is 5.92 Å². The highest BCUT2D eigenvalue weighted by molar-refractivity contribution is 7.20. The normalized spacial score (nSPS) is 22.8. The summed E-state index contributed by atoms with van der Waals surface area (Å²) < 4.78 is 1.35. The summed E-state index contributed by atoms with van der Waals surface area (Å²) in [7, 11) is 0. The fourth-order valence-electron chi connectivity index (χ4n) is 10.8. The third-order valence-electron chi connectivity index (χ3n) is 13.3. The highest BCUT2D eigenvalue weighted by atomic mass is 32.1. The first kappa shape index (κ1) is 30.9. The van der Waals surface area contributed by atoms with Crippen LogP contribution in [0.25, 0.3) is 43.5 Å². The molecule has 52 heavy (non-hydrogen) atoms. The van der Waals surface area contributed by atoms with Crippen LogP contribution in [-0.4, -0.2) is 6.17 Å². The lowest BCUT2D eigenvalue weighted by Crippen LogP contribution is -2.47. The molecule has 0 bridgehead atoms. The zero-order valence-corrected chi connectivity index (χ0v) is 30.8. The van der Waals surface area contributed by atoms with Crippen molar-refractivity contribution in [3.8, 4) is 33.4 Å². The molecule has 0 radical (unpaired) electrons. The van der Waals surface area contributed by atoms with Crippen molar-refractivity contribution in [2.45, 2.75) is 75.4 Å². The van der Waals surface area contributed by atoms with Gasteiger partial charge in [0.1, 0.15) is 0 Å². The zero-order chi connectivity index (χ0) is 34.6. The van der Waals surface area contributed by atoms with E-state index in [2.05, 4.69) is 152 Å². The van der Waals surface area contributed by atoms with Crippen molar-refractivity contribution in [3.63, 3.8) is 0 Å². The summed E-state index contributed by atoms with van der Waals surface area (Å²) in [5, 5.41) is 9.34. The fourth-order valence-corrected chi connectivity index (χ4v) is 12.0. The molecule has 2 N–H and O–H groups in total. The van der Waals surface area contributed by atoms with E-state index in [1.807, 2.05) is 11.3 Å². The SMILES string of the molecule is CC1(C)c2ccccc2-c2cc3c(cc21)-c1cccc(-c2ccc(C4NC(C5C=CC=CC5)Nc5c4sc4ccccc54)cc2)c1C31CCCCC1. The van der Waals surface area contributed by atoms with E-state index >= 15 is 0 Å². The van der Waals surface area contributed by atoms with Gasteiger partial charge in [0.25, 0.3) is 0 Å². The van der Waals surface area contributed by atoms with Crippen LogP contribution in [0, 0.1) is 5.92 Å². The van der Waals surface area contributed by atoms with Gasteiger partial charge in [-0.15, -0.1) is 11.3 Å². The Morgan fingerprint density at radius 1 is 0.673 bits per heavy atom. The minimum atomic E-state index is -0.00316. The van der Waals surface area contributed by atoms with Crippen LogP contribution in [0.15, 0.2) is 127 Å². The largest absolute Gasteiger partial charge is 0.368 e. The Morgan fingerprint density at radius 3 is 2.27 bits per heavy atom. The Balaban J connectivity index is 1.02. The summed E-state index contributed by atoms with van der Waals surface area (Å²) in [5.74, 6) is 0.402. The monoisotopic (exact) mass is 692 g/mol. The Kier molecular flexibility index (Phi) is 6.77. The van der Waals surface area contributed by atoms with Crippen molar-refractivity contribution < 1.29 is 0 Å². The number of anilines is 1. The van der Waals surface area contributed by atoms with Crippen molar-refractivity contribution >= 4 is 27.1 Å². The van der Waals surface area contributed by atoms with Gasteiger partial charge in [0.15, 0.2) is 0 Å². The second-order valence-corrected chi connectivity index (χ2v) is 17.5. The maximum atomic E-state index is 4.07. The molecule has 1 aliphatic heterocycles. The van der Waals surface area contributed by atoms with Gasteiger partial charge in [-0.1, -0.05) is 142 Å². The molecule has 1 fully saturated rings. The summed E-state index contributed by atoms with van der Waals surface area (Å²) in [6.07, 6.45) is 16.6. The Hall–Kier alpha value is -4.70. The van der Waals surface area contributed by atoms with E-state index in [9.17, 15) is 0 Å². The van der Waals surface area contributed by atoms with E-state index in [-0.39, 0.29) is 23.0 Å². The maximum absolute atomic E-state index is 4.07. The molecule has 0 saturated heterocycles. The lowest BCUT2D eigenvalue weighted by atomic mass is 9.66. The Labute approximate surface area is 311 Å². The molecule has 1 spiro atoms. The van der Waals surface area contributed by atoms with Crippen molar-refractivity contribution in [3.05, 3.63) is 160 Å². The number of thiophene rings is 1. The molecule has 3 heteroatoms. The lowest BCUT2D eigenvalue weighted by molar-refractivity contribution is 0.353. The van der Waals surface area contributed by atoms with Gasteiger partial charge >= 0.3 is 0 Å². The highest BCUT2D eigenvalue weighted by Crippen LogP contribution is 2.61. The molecule has 1 aromatic heterocycles. The van der Waals surface area contributed by atoms with Crippen molar-refractivity contribution in [1.82, 2.24) is 5.32 Å². The number of nitrogens with one attached hydrogen (secondary N) is 2. The average molecular weight is 693 g/mol. The number of fused-ring (bicyclic) bond motifs is 11. The molecular formula is C49H44N2S. The molecule has 0 amide bonds. The van der Waals surface area contributed by atoms with Crippen LogP contribution in [0.1, 0.15) is 91.1 Å². The van der Waals surface area contributed by atoms with E-state index in [0.717, 1.165) is 6.42 Å². The quantitative estimate of drug-likeness (QED) is 0.193. The second kappa shape index (κ2) is 11.4. The maximum Gasteiger partial charge on any atom is 0.0843 e. The zero-order valence-electron chi connectivity index (χ0n) is 30.0. The third kappa shape index (κ3) is 4.33. The number of benzene rings is 5. The van der Waals surface area contributed by atoms with Crippen LogP contribution in [-0.2, 0) is 10.8 Å². The standard InChI is InChI=1S/C49H44N2S/c1-48(2)39-20-9-7-16-34(39)37-29-41-38(28-40(37)48)35-19-13-18-33(43(35)49(41)26-11-4-12-27-49)30-22-24-31(25-23-30)44-46-45(36-17-8-10-21-42(36)52-46)51-47(50-44)32-14-5-3-6-15-32/h3,5-10,13-14,16-25,28-29,32,44,47,50-51H,4,11-12,15,26-27H2,1-2H3. The van der Waals surface area contributed by atoms with Crippen LogP contribution in [0.2, 0.25) is 0 Å². The molecule has 256 valence electrons. The molecule has 3 unspecified atom stereocenters. The van der Waals surface area contributed by atoms with Gasteiger partial charge in [-0.3, -0.25) is 5.32 Å². The molecule has 5 aromatic carbocycles. The summed E-state index contributed by atoms with van der Waals surface area (Å²) in [4.78, 5) is 1.38. The molecule has 2 nitrogen and oxygen atoms in total. The van der Waals surface area contributed by atoms with E-state index in [4.69, 9.17) is 0 Å². The minimum absolute atomic E-state index is 0.00316. The average Bonchev–Trinajstić information content (AvgIpc) is 3.78. The molecular weight excluding hydrogens is 649 g/mol. The fraction of sp³-hybridized carbons (Fsp3) is 0.265. The summed E-state index contributed by atoms with van der Waals surface area (Å²) in [5.41, 5.74) is 17.4. The van der Waals surface area contributed by atoms with Crippen LogP contribution < -0.4 is 10.6 Å². The van der Waals surface area contributed by atoms with E-state index in [1.165, 1.54) is 103 Å². The molecule has 6 aromatic rings. The molecule has 1 saturated carbocycles. The van der Waals surface area contributed by atoms with Gasteiger partial charge in [-0.05, 0) is 98.7 Å². The van der Waals surface area contributed by atoms with Crippen molar-refractivity contribution in [1.29, 1.82) is 0 Å². The molecule has 3 atom stereocenters. The summed E-state index contributed by atoms with van der Waals surface area (Å²) >= 11 is 1.92. The van der Waals surface area contributed by atoms with Gasteiger partial charge in [-0.25, -0.2) is 0 Å². The van der Waals surface area contributed by atoms with Gasteiger partial charge in [-0.2, -0.15) is 0 Å². The van der Waals surface area contributed by atoms with Crippen LogP contribution in [0.5, 0.6) is 0 Å². The molecule has 2 heterocycles. The van der Waals surface area contributed by atoms with Crippen LogP contribution in [0.4, 0.5) is 5.69 Å². The van der Waals surface area contributed by atoms with Gasteiger partial charge in [0, 0.05) is 26.8 Å². The Bertz CT molecular complexity index is 2470. The predicted octanol–water partition coefficient (Wildman–Crippen LogP) is 12.7. The highest BCUT2D eigenvalue weighted by Gasteiger charge is 2.47. The number of hydrogen-bond acceptors (Lipinski definition) is 3. The minimum Gasteiger partial charge on any atom is -0.368 e. The number of rotatable bonds is 3. The van der Waals surface area contributed by atoms with Crippen LogP contribution in [0.3, 0.4) is 0 Å². The van der Waals surface area contributed by atoms with Gasteiger partial charge in [0.2, 0.25) is 0 Å². The topological polar surface area (TPSA) is 24.1 Å². The van der Waals surface area contributed by atoms with Gasteiger partial charge < -0.3 is 5.32 Å². The first-order chi connectivity index (χ1) is 25.5.